The SMILES string of the molecule is CC[C@H](NC(=O)C1CCN(S(=O)(=O)/C=C/c2ccccc2)CC1)c1ccc(C)cc1. The van der Waals surface area contributed by atoms with E-state index in [1.54, 1.807) is 6.08 Å². The number of amides is 1. The molecule has 1 heterocycles. The third kappa shape index (κ3) is 5.80. The number of hydrogen-bond acceptors (Lipinski definition) is 3. The van der Waals surface area contributed by atoms with Gasteiger partial charge in [0.05, 0.1) is 6.04 Å². The number of hydrogen-bond donors (Lipinski definition) is 1. The van der Waals surface area contributed by atoms with Gasteiger partial charge in [-0.05, 0) is 43.4 Å². The molecule has 2 aromatic carbocycles. The lowest BCUT2D eigenvalue weighted by molar-refractivity contribution is -0.126. The summed E-state index contributed by atoms with van der Waals surface area (Å²) in [6.07, 6.45) is 3.50. The first-order chi connectivity index (χ1) is 14.4. The Morgan fingerprint density at radius 1 is 1.10 bits per heavy atom. The Balaban J connectivity index is 1.55. The molecule has 0 radical (unpaired) electrons. The van der Waals surface area contributed by atoms with Crippen LogP contribution in [0.2, 0.25) is 0 Å². The number of nitrogens with zero attached hydrogens (tertiary/aromatic N) is 1. The van der Waals surface area contributed by atoms with Gasteiger partial charge in [-0.1, -0.05) is 67.1 Å². The van der Waals surface area contributed by atoms with E-state index in [1.165, 1.54) is 15.3 Å². The highest BCUT2D eigenvalue weighted by Crippen LogP contribution is 2.23. The van der Waals surface area contributed by atoms with Crippen LogP contribution in [0.25, 0.3) is 6.08 Å². The highest BCUT2D eigenvalue weighted by molar-refractivity contribution is 7.92. The second kappa shape index (κ2) is 10.0. The number of aryl methyl sites for hydroxylation is 1. The molecule has 1 aliphatic rings. The first-order valence-electron chi connectivity index (χ1n) is 10.5. The molecule has 5 nitrogen and oxygen atoms in total. The van der Waals surface area contributed by atoms with Crippen LogP contribution in [0, 0.1) is 12.8 Å². The lowest BCUT2D eigenvalue weighted by Gasteiger charge is -2.30. The van der Waals surface area contributed by atoms with Crippen molar-refractivity contribution in [3.8, 4) is 0 Å². The van der Waals surface area contributed by atoms with Gasteiger partial charge >= 0.3 is 0 Å². The van der Waals surface area contributed by atoms with Gasteiger partial charge in [-0.25, -0.2) is 8.42 Å². The van der Waals surface area contributed by atoms with Gasteiger partial charge in [0.1, 0.15) is 0 Å². The van der Waals surface area contributed by atoms with Crippen LogP contribution in [0.15, 0.2) is 60.0 Å². The van der Waals surface area contributed by atoms with Gasteiger partial charge in [0.25, 0.3) is 0 Å². The van der Waals surface area contributed by atoms with Crippen LogP contribution < -0.4 is 5.32 Å². The lowest BCUT2D eigenvalue weighted by Crippen LogP contribution is -2.43. The molecule has 1 atom stereocenters. The smallest absolute Gasteiger partial charge is 0.236 e. The number of carbonyl (C=O) groups is 1. The number of piperidine rings is 1. The van der Waals surface area contributed by atoms with Gasteiger partial charge < -0.3 is 5.32 Å². The fourth-order valence-corrected chi connectivity index (χ4v) is 4.92. The van der Waals surface area contributed by atoms with Crippen LogP contribution in [-0.4, -0.2) is 31.7 Å². The van der Waals surface area contributed by atoms with E-state index < -0.39 is 10.0 Å². The zero-order valence-electron chi connectivity index (χ0n) is 17.6. The number of nitrogens with one attached hydrogen (secondary N) is 1. The molecule has 2 aromatic rings. The van der Waals surface area contributed by atoms with Crippen molar-refractivity contribution in [1.82, 2.24) is 9.62 Å². The van der Waals surface area contributed by atoms with Crippen LogP contribution in [0.1, 0.15) is 48.9 Å². The Kier molecular flexibility index (Phi) is 7.45. The van der Waals surface area contributed by atoms with E-state index in [0.29, 0.717) is 25.9 Å². The predicted octanol–water partition coefficient (Wildman–Crippen LogP) is 4.28. The average Bonchev–Trinajstić information content (AvgIpc) is 2.77. The standard InChI is InChI=1S/C24H30N2O3S/c1-3-23(21-11-9-19(2)10-12-21)25-24(27)22-13-16-26(17-14-22)30(28,29)18-15-20-7-5-4-6-8-20/h4-12,15,18,22-23H,3,13-14,16-17H2,1-2H3,(H,25,27)/b18-15+/t23-/m0/s1. The Bertz CT molecular complexity index is 961. The molecule has 0 aromatic heterocycles. The second-order valence-electron chi connectivity index (χ2n) is 7.81. The quantitative estimate of drug-likeness (QED) is 0.719. The highest BCUT2D eigenvalue weighted by Gasteiger charge is 2.30. The molecule has 0 bridgehead atoms. The van der Waals surface area contributed by atoms with E-state index in [4.69, 9.17) is 0 Å². The molecule has 1 amide bonds. The van der Waals surface area contributed by atoms with Crippen molar-refractivity contribution in [3.05, 3.63) is 76.7 Å². The van der Waals surface area contributed by atoms with Crippen molar-refractivity contribution in [2.75, 3.05) is 13.1 Å². The fraction of sp³-hybridized carbons (Fsp3) is 0.375. The topological polar surface area (TPSA) is 66.5 Å². The summed E-state index contributed by atoms with van der Waals surface area (Å²) in [5, 5.41) is 4.41. The first kappa shape index (κ1) is 22.2. The molecule has 1 fully saturated rings. The third-order valence-corrected chi connectivity index (χ3v) is 7.19. The highest BCUT2D eigenvalue weighted by atomic mass is 32.2. The van der Waals surface area contributed by atoms with Crippen molar-refractivity contribution >= 4 is 22.0 Å². The summed E-state index contributed by atoms with van der Waals surface area (Å²) in [5.74, 6) is -0.145. The van der Waals surface area contributed by atoms with Crippen LogP contribution in [-0.2, 0) is 14.8 Å². The van der Waals surface area contributed by atoms with Crippen LogP contribution in [0.4, 0.5) is 0 Å². The van der Waals surface area contributed by atoms with Crippen LogP contribution in [0.5, 0.6) is 0 Å². The third-order valence-electron chi connectivity index (χ3n) is 5.62. The molecule has 0 saturated carbocycles. The summed E-state index contributed by atoms with van der Waals surface area (Å²) in [7, 11) is -3.48. The molecule has 6 heteroatoms. The Labute approximate surface area is 179 Å². The normalized spacial score (nSPS) is 17.1. The molecular weight excluding hydrogens is 396 g/mol. The monoisotopic (exact) mass is 426 g/mol. The van der Waals surface area contributed by atoms with Crippen LogP contribution in [0.3, 0.4) is 0 Å². The van der Waals surface area contributed by atoms with Crippen molar-refractivity contribution < 1.29 is 13.2 Å². The van der Waals surface area contributed by atoms with Crippen molar-refractivity contribution in [2.45, 2.75) is 39.2 Å². The van der Waals surface area contributed by atoms with Crippen molar-refractivity contribution in [1.29, 1.82) is 0 Å². The van der Waals surface area contributed by atoms with E-state index >= 15 is 0 Å². The minimum absolute atomic E-state index is 0.0132. The van der Waals surface area contributed by atoms with E-state index in [2.05, 4.69) is 36.5 Å². The average molecular weight is 427 g/mol. The fourth-order valence-electron chi connectivity index (χ4n) is 3.70. The summed E-state index contributed by atoms with van der Waals surface area (Å²) < 4.78 is 26.7. The Morgan fingerprint density at radius 3 is 2.33 bits per heavy atom. The van der Waals surface area contributed by atoms with E-state index in [9.17, 15) is 13.2 Å². The van der Waals surface area contributed by atoms with Gasteiger partial charge in [-0.3, -0.25) is 4.79 Å². The molecule has 30 heavy (non-hydrogen) atoms. The lowest BCUT2D eigenvalue weighted by atomic mass is 9.95. The molecule has 1 N–H and O–H groups in total. The summed E-state index contributed by atoms with van der Waals surface area (Å²) in [4.78, 5) is 12.8. The second-order valence-corrected chi connectivity index (χ2v) is 9.63. The van der Waals surface area contributed by atoms with Gasteiger partial charge in [-0.2, -0.15) is 4.31 Å². The predicted molar refractivity (Wildman–Crippen MR) is 121 cm³/mol. The minimum Gasteiger partial charge on any atom is -0.349 e. The van der Waals surface area contributed by atoms with Gasteiger partial charge in [0.15, 0.2) is 0 Å². The molecule has 0 unspecified atom stereocenters. The molecule has 160 valence electrons. The Hall–Kier alpha value is -2.44. The maximum absolute atomic E-state index is 12.8. The molecule has 1 aliphatic heterocycles. The molecule has 3 rings (SSSR count). The van der Waals surface area contributed by atoms with Crippen LogP contribution >= 0.6 is 0 Å². The number of carbonyl (C=O) groups excluding carboxylic acids is 1. The summed E-state index contributed by atoms with van der Waals surface area (Å²) >= 11 is 0. The largest absolute Gasteiger partial charge is 0.349 e. The molecule has 1 saturated heterocycles. The maximum atomic E-state index is 12.8. The van der Waals surface area contributed by atoms with E-state index in [-0.39, 0.29) is 17.9 Å². The summed E-state index contributed by atoms with van der Waals surface area (Å²) in [6.45, 7) is 4.82. The summed E-state index contributed by atoms with van der Waals surface area (Å²) in [5.41, 5.74) is 3.13. The zero-order chi connectivity index (χ0) is 21.6. The van der Waals surface area contributed by atoms with Gasteiger partial charge in [0.2, 0.25) is 15.9 Å². The van der Waals surface area contributed by atoms with Gasteiger partial charge in [-0.15, -0.1) is 0 Å². The number of benzene rings is 2. The number of rotatable bonds is 7. The Morgan fingerprint density at radius 2 is 1.73 bits per heavy atom. The van der Waals surface area contributed by atoms with Crippen molar-refractivity contribution in [2.24, 2.45) is 5.92 Å². The minimum atomic E-state index is -3.48. The maximum Gasteiger partial charge on any atom is 0.236 e. The molecular formula is C24H30N2O3S. The summed E-state index contributed by atoms with van der Waals surface area (Å²) in [6, 6.07) is 17.6. The van der Waals surface area contributed by atoms with Gasteiger partial charge in [0, 0.05) is 24.4 Å². The number of sulfonamides is 1. The zero-order valence-corrected chi connectivity index (χ0v) is 18.4. The molecule has 0 spiro atoms. The first-order valence-corrected chi connectivity index (χ1v) is 12.0. The van der Waals surface area contributed by atoms with E-state index in [1.807, 2.05) is 37.3 Å². The van der Waals surface area contributed by atoms with E-state index in [0.717, 1.165) is 17.5 Å². The van der Waals surface area contributed by atoms with Crippen molar-refractivity contribution in [3.63, 3.8) is 0 Å². The molecule has 0 aliphatic carbocycles.